The molecule has 0 N–H and O–H groups in total. The van der Waals surface area contributed by atoms with Crippen LogP contribution >= 0.6 is 10.9 Å². The number of nitrogens with zero attached hydrogens (tertiary/aromatic N) is 5. The summed E-state index contributed by atoms with van der Waals surface area (Å²) < 4.78 is 1.97. The zero-order valence-corrected chi connectivity index (χ0v) is 13.6. The van der Waals surface area contributed by atoms with E-state index in [2.05, 4.69) is 18.7 Å². The Morgan fingerprint density at radius 2 is 2.00 bits per heavy atom. The molecule has 1 unspecified atom stereocenters. The summed E-state index contributed by atoms with van der Waals surface area (Å²) >= 11 is 0. The number of thiol groups is 1. The number of hydrogen-bond donors (Lipinski definition) is 1. The summed E-state index contributed by atoms with van der Waals surface area (Å²) in [6.45, 7) is 7.73. The van der Waals surface area contributed by atoms with E-state index in [-0.39, 0.29) is 10.9 Å². The van der Waals surface area contributed by atoms with Crippen molar-refractivity contribution in [1.29, 1.82) is 0 Å². The summed E-state index contributed by atoms with van der Waals surface area (Å²) in [5.41, 5.74) is 0. The Balaban J connectivity index is 1.80. The molecular formula is C14H25N5S. The molecule has 1 aromatic heterocycles. The third-order valence-corrected chi connectivity index (χ3v) is 6.15. The maximum Gasteiger partial charge on any atom is 0.224 e. The van der Waals surface area contributed by atoms with Crippen molar-refractivity contribution in [2.75, 3.05) is 30.3 Å². The summed E-state index contributed by atoms with van der Waals surface area (Å²) in [5, 5.41) is 7.12. The van der Waals surface area contributed by atoms with E-state index in [1.165, 1.54) is 17.9 Å². The predicted molar refractivity (Wildman–Crippen MR) is 86.3 cm³/mol. The fourth-order valence-electron chi connectivity index (χ4n) is 2.92. The molecule has 1 saturated heterocycles. The molecule has 1 aromatic rings. The largest absolute Gasteiger partial charge is 0.341 e. The smallest absolute Gasteiger partial charge is 0.224 e. The summed E-state index contributed by atoms with van der Waals surface area (Å²) in [4.78, 5) is 11.9. The van der Waals surface area contributed by atoms with E-state index in [9.17, 15) is 0 Å². The van der Waals surface area contributed by atoms with Crippen molar-refractivity contribution in [3.63, 3.8) is 0 Å². The summed E-state index contributed by atoms with van der Waals surface area (Å²) in [6.07, 6.45) is 3.65. The Morgan fingerprint density at radius 1 is 1.25 bits per heavy atom. The molecule has 3 heterocycles. The first-order valence-corrected chi connectivity index (χ1v) is 9.14. The highest BCUT2D eigenvalue weighted by atomic mass is 32.2. The number of rotatable bonds is 4. The minimum atomic E-state index is -0.366. The van der Waals surface area contributed by atoms with E-state index in [4.69, 9.17) is 15.1 Å². The predicted octanol–water partition coefficient (Wildman–Crippen LogP) is 2.23. The molecule has 0 radical (unpaired) electrons. The Labute approximate surface area is 123 Å². The topological polar surface area (TPSA) is 46.3 Å². The van der Waals surface area contributed by atoms with Crippen molar-refractivity contribution in [3.05, 3.63) is 0 Å². The van der Waals surface area contributed by atoms with Crippen LogP contribution in [0.15, 0.2) is 10.1 Å². The third-order valence-electron chi connectivity index (χ3n) is 3.88. The first-order valence-electron chi connectivity index (χ1n) is 7.62. The van der Waals surface area contributed by atoms with Gasteiger partial charge in [0, 0.05) is 32.4 Å². The molecule has 0 aromatic carbocycles. The van der Waals surface area contributed by atoms with Gasteiger partial charge in [0.1, 0.15) is 0 Å². The lowest BCUT2D eigenvalue weighted by Crippen LogP contribution is -2.21. The van der Waals surface area contributed by atoms with Crippen LogP contribution in [-0.2, 0) is 7.05 Å². The Kier molecular flexibility index (Phi) is 4.01. The van der Waals surface area contributed by atoms with Crippen LogP contribution < -0.4 is 4.90 Å². The van der Waals surface area contributed by atoms with Gasteiger partial charge in [0.25, 0.3) is 0 Å². The zero-order chi connectivity index (χ0) is 14.1. The van der Waals surface area contributed by atoms with Crippen molar-refractivity contribution in [1.82, 2.24) is 14.8 Å². The third kappa shape index (κ3) is 2.71. The lowest BCUT2D eigenvalue weighted by atomic mass is 10.1. The van der Waals surface area contributed by atoms with Gasteiger partial charge < -0.3 is 4.90 Å². The van der Waals surface area contributed by atoms with Gasteiger partial charge in [-0.25, -0.2) is 4.68 Å². The number of anilines is 1. The quantitative estimate of drug-likeness (QED) is 0.867. The molecule has 0 spiro atoms. The highest BCUT2D eigenvalue weighted by molar-refractivity contribution is 8.30. The monoisotopic (exact) mass is 295 g/mol. The fraction of sp³-hybridized carbons (Fsp3) is 0.786. The summed E-state index contributed by atoms with van der Waals surface area (Å²) in [6, 6.07) is 0. The van der Waals surface area contributed by atoms with Crippen LogP contribution in [0, 0.1) is 5.92 Å². The van der Waals surface area contributed by atoms with E-state index >= 15 is 0 Å². The average molecular weight is 295 g/mol. The molecule has 112 valence electrons. The summed E-state index contributed by atoms with van der Waals surface area (Å²) in [5.74, 6) is 2.86. The highest BCUT2D eigenvalue weighted by Gasteiger charge is 2.26. The number of hydrogen-bond acceptors (Lipinski definition) is 4. The van der Waals surface area contributed by atoms with Gasteiger partial charge >= 0.3 is 0 Å². The highest BCUT2D eigenvalue weighted by Crippen LogP contribution is 2.41. The minimum absolute atomic E-state index is 0.366. The SMILES string of the molecule is CC(C)CC1=NCC[SH]1c1nc(N2CCCC2)n(C)n1. The van der Waals surface area contributed by atoms with Gasteiger partial charge in [-0.2, -0.15) is 4.98 Å². The maximum atomic E-state index is 4.86. The second-order valence-corrected chi connectivity index (χ2v) is 8.30. The molecular weight excluding hydrogens is 270 g/mol. The maximum absolute atomic E-state index is 4.86. The number of aryl methyl sites for hydroxylation is 1. The van der Waals surface area contributed by atoms with Crippen LogP contribution in [0.25, 0.3) is 0 Å². The Hall–Kier alpha value is -1.04. The minimum Gasteiger partial charge on any atom is -0.341 e. The van der Waals surface area contributed by atoms with E-state index in [1.807, 2.05) is 11.7 Å². The number of aliphatic imine (C=N–C) groups is 1. The lowest BCUT2D eigenvalue weighted by molar-refractivity contribution is 0.687. The normalized spacial score (nSPS) is 24.7. The van der Waals surface area contributed by atoms with E-state index in [1.54, 1.807) is 0 Å². The van der Waals surface area contributed by atoms with Gasteiger partial charge in [-0.15, -0.1) is 16.0 Å². The van der Waals surface area contributed by atoms with Gasteiger partial charge in [0.05, 0.1) is 5.04 Å². The van der Waals surface area contributed by atoms with Gasteiger partial charge in [-0.1, -0.05) is 13.8 Å². The molecule has 0 bridgehead atoms. The van der Waals surface area contributed by atoms with Gasteiger partial charge in [-0.3, -0.25) is 4.99 Å². The molecule has 6 heteroatoms. The molecule has 1 fully saturated rings. The van der Waals surface area contributed by atoms with Gasteiger partial charge in [-0.05, 0) is 25.2 Å². The van der Waals surface area contributed by atoms with Crippen LogP contribution in [0.1, 0.15) is 33.1 Å². The molecule has 0 aliphatic carbocycles. The second-order valence-electron chi connectivity index (χ2n) is 6.08. The molecule has 2 aliphatic heterocycles. The van der Waals surface area contributed by atoms with Gasteiger partial charge in [0.2, 0.25) is 5.95 Å². The lowest BCUT2D eigenvalue weighted by Gasteiger charge is -2.16. The molecule has 2 aliphatic rings. The van der Waals surface area contributed by atoms with E-state index in [0.717, 1.165) is 42.9 Å². The number of aromatic nitrogens is 3. The van der Waals surface area contributed by atoms with Crippen molar-refractivity contribution < 1.29 is 0 Å². The zero-order valence-electron chi connectivity index (χ0n) is 12.7. The molecule has 1 atom stereocenters. The Bertz CT molecular complexity index is 502. The summed E-state index contributed by atoms with van der Waals surface area (Å²) in [7, 11) is 1.66. The molecule has 5 nitrogen and oxygen atoms in total. The standard InChI is InChI=1S/C14H25N5S/c1-11(2)10-12-15-6-9-20(12)13-16-14(18(3)17-13)19-7-4-5-8-19/h11,20H,4-10H2,1-3H3. The first-order chi connectivity index (χ1) is 9.65. The van der Waals surface area contributed by atoms with Crippen LogP contribution in [0.5, 0.6) is 0 Å². The molecule has 20 heavy (non-hydrogen) atoms. The second kappa shape index (κ2) is 5.76. The molecule has 0 amide bonds. The van der Waals surface area contributed by atoms with E-state index < -0.39 is 0 Å². The van der Waals surface area contributed by atoms with Crippen molar-refractivity contribution in [2.45, 2.75) is 38.3 Å². The van der Waals surface area contributed by atoms with E-state index in [0.29, 0.717) is 5.92 Å². The van der Waals surface area contributed by atoms with Crippen LogP contribution in [0.3, 0.4) is 0 Å². The van der Waals surface area contributed by atoms with Crippen LogP contribution in [0.2, 0.25) is 0 Å². The molecule has 0 saturated carbocycles. The Morgan fingerprint density at radius 3 is 2.70 bits per heavy atom. The average Bonchev–Trinajstić information content (AvgIpc) is 3.07. The van der Waals surface area contributed by atoms with Gasteiger partial charge in [0.15, 0.2) is 5.16 Å². The van der Waals surface area contributed by atoms with Crippen molar-refractivity contribution in [2.24, 2.45) is 18.0 Å². The fourth-order valence-corrected chi connectivity index (χ4v) is 5.22. The van der Waals surface area contributed by atoms with Crippen molar-refractivity contribution >= 4 is 21.9 Å². The molecule has 3 rings (SSSR count). The van der Waals surface area contributed by atoms with Crippen molar-refractivity contribution in [3.8, 4) is 0 Å². The van der Waals surface area contributed by atoms with Crippen LogP contribution in [-0.4, -0.2) is 45.2 Å². The first kappa shape index (κ1) is 13.9. The van der Waals surface area contributed by atoms with Crippen LogP contribution in [0.4, 0.5) is 5.95 Å².